The number of aliphatic hydroxyl groups excluding tert-OH is 1. The third-order valence-electron chi connectivity index (χ3n) is 2.69. The molecular formula is C14H12F2O2. The van der Waals surface area contributed by atoms with Crippen LogP contribution < -0.4 is 4.74 Å². The highest BCUT2D eigenvalue weighted by Crippen LogP contribution is 2.32. The number of methoxy groups -OCH3 is 1. The molecule has 0 aliphatic rings. The van der Waals surface area contributed by atoms with Crippen molar-refractivity contribution >= 4 is 0 Å². The minimum absolute atomic E-state index is 0.0478. The first kappa shape index (κ1) is 12.5. The van der Waals surface area contributed by atoms with Crippen LogP contribution in [-0.4, -0.2) is 12.2 Å². The van der Waals surface area contributed by atoms with Gasteiger partial charge < -0.3 is 9.84 Å². The summed E-state index contributed by atoms with van der Waals surface area (Å²) < 4.78 is 31.6. The smallest absolute Gasteiger partial charge is 0.133 e. The number of hydrogen-bond acceptors (Lipinski definition) is 2. The zero-order chi connectivity index (χ0) is 13.1. The third kappa shape index (κ3) is 2.33. The van der Waals surface area contributed by atoms with Gasteiger partial charge in [-0.3, -0.25) is 0 Å². The van der Waals surface area contributed by atoms with Crippen LogP contribution in [0.2, 0.25) is 0 Å². The fraction of sp³-hybridized carbons (Fsp3) is 0.143. The molecule has 4 heteroatoms. The summed E-state index contributed by atoms with van der Waals surface area (Å²) in [5.41, 5.74) is 0.450. The van der Waals surface area contributed by atoms with E-state index < -0.39 is 17.7 Å². The lowest BCUT2D eigenvalue weighted by Crippen LogP contribution is -2.05. The van der Waals surface area contributed by atoms with Crippen molar-refractivity contribution in [2.24, 2.45) is 0 Å². The molecule has 18 heavy (non-hydrogen) atoms. The highest BCUT2D eigenvalue weighted by atomic mass is 19.1. The van der Waals surface area contributed by atoms with Gasteiger partial charge in [0.2, 0.25) is 0 Å². The van der Waals surface area contributed by atoms with Crippen molar-refractivity contribution in [2.75, 3.05) is 7.11 Å². The van der Waals surface area contributed by atoms with Gasteiger partial charge in [-0.25, -0.2) is 8.78 Å². The van der Waals surface area contributed by atoms with Crippen molar-refractivity contribution in [3.63, 3.8) is 0 Å². The Bertz CT molecular complexity index is 538. The Morgan fingerprint density at radius 3 is 2.33 bits per heavy atom. The first-order chi connectivity index (χ1) is 8.63. The summed E-state index contributed by atoms with van der Waals surface area (Å²) in [6, 6.07) is 9.54. The van der Waals surface area contributed by atoms with E-state index in [1.165, 1.54) is 43.5 Å². The van der Waals surface area contributed by atoms with Gasteiger partial charge in [-0.05, 0) is 29.8 Å². The zero-order valence-electron chi connectivity index (χ0n) is 9.73. The van der Waals surface area contributed by atoms with Crippen molar-refractivity contribution < 1.29 is 18.6 Å². The highest BCUT2D eigenvalue weighted by Gasteiger charge is 2.19. The lowest BCUT2D eigenvalue weighted by atomic mass is 10.00. The molecule has 0 amide bonds. The molecule has 2 rings (SSSR count). The summed E-state index contributed by atoms with van der Waals surface area (Å²) in [4.78, 5) is 0. The van der Waals surface area contributed by atoms with Crippen LogP contribution in [0.15, 0.2) is 42.5 Å². The molecule has 0 fully saturated rings. The summed E-state index contributed by atoms with van der Waals surface area (Å²) in [7, 11) is 1.40. The second kappa shape index (κ2) is 5.14. The molecule has 2 aromatic rings. The summed E-state index contributed by atoms with van der Waals surface area (Å²) in [5.74, 6) is -0.718. The molecule has 1 atom stereocenters. The molecule has 0 radical (unpaired) electrons. The molecule has 0 saturated carbocycles. The van der Waals surface area contributed by atoms with Crippen LogP contribution in [0.4, 0.5) is 8.78 Å². The normalized spacial score (nSPS) is 12.2. The Hall–Kier alpha value is -1.94. The van der Waals surface area contributed by atoms with E-state index in [1.54, 1.807) is 6.07 Å². The van der Waals surface area contributed by atoms with E-state index in [0.717, 1.165) is 0 Å². The molecule has 0 bridgehead atoms. The van der Waals surface area contributed by atoms with Gasteiger partial charge >= 0.3 is 0 Å². The molecule has 1 unspecified atom stereocenters. The quantitative estimate of drug-likeness (QED) is 0.907. The first-order valence-corrected chi connectivity index (χ1v) is 5.39. The standard InChI is InChI=1S/C14H12F2O2/c1-18-12-4-2-3-11(16)13(12)14(17)9-5-7-10(15)8-6-9/h2-8,14,17H,1H3. The summed E-state index contributed by atoms with van der Waals surface area (Å²) in [5, 5.41) is 10.1. The van der Waals surface area contributed by atoms with E-state index in [0.29, 0.717) is 5.56 Å². The third-order valence-corrected chi connectivity index (χ3v) is 2.69. The van der Waals surface area contributed by atoms with E-state index in [-0.39, 0.29) is 11.3 Å². The molecule has 2 aromatic carbocycles. The Labute approximate surface area is 103 Å². The van der Waals surface area contributed by atoms with Gasteiger partial charge in [-0.1, -0.05) is 18.2 Å². The molecule has 0 saturated heterocycles. The van der Waals surface area contributed by atoms with Crippen LogP contribution in [0, 0.1) is 11.6 Å². The number of halogens is 2. The van der Waals surface area contributed by atoms with E-state index >= 15 is 0 Å². The molecule has 2 nitrogen and oxygen atoms in total. The van der Waals surface area contributed by atoms with Crippen LogP contribution in [0.25, 0.3) is 0 Å². The molecule has 94 valence electrons. The van der Waals surface area contributed by atoms with Crippen molar-refractivity contribution in [1.82, 2.24) is 0 Å². The Balaban J connectivity index is 2.45. The Kier molecular flexibility index (Phi) is 3.58. The van der Waals surface area contributed by atoms with Gasteiger partial charge in [0.05, 0.1) is 12.7 Å². The van der Waals surface area contributed by atoms with Crippen molar-refractivity contribution in [3.05, 3.63) is 65.2 Å². The molecule has 0 spiro atoms. The predicted molar refractivity (Wildman–Crippen MR) is 63.4 cm³/mol. The van der Waals surface area contributed by atoms with Crippen LogP contribution in [0.1, 0.15) is 17.2 Å². The minimum atomic E-state index is -1.19. The Morgan fingerprint density at radius 1 is 1.06 bits per heavy atom. The molecule has 0 aliphatic heterocycles. The van der Waals surface area contributed by atoms with Gasteiger partial charge in [0, 0.05) is 0 Å². The lowest BCUT2D eigenvalue weighted by molar-refractivity contribution is 0.209. The summed E-state index contributed by atoms with van der Waals surface area (Å²) >= 11 is 0. The lowest BCUT2D eigenvalue weighted by Gasteiger charge is -2.15. The maximum atomic E-state index is 13.7. The summed E-state index contributed by atoms with van der Waals surface area (Å²) in [6.07, 6.45) is -1.19. The first-order valence-electron chi connectivity index (χ1n) is 5.39. The van der Waals surface area contributed by atoms with Gasteiger partial charge in [-0.15, -0.1) is 0 Å². The predicted octanol–water partition coefficient (Wildman–Crippen LogP) is 3.06. The second-order valence-electron chi connectivity index (χ2n) is 3.81. The molecular weight excluding hydrogens is 238 g/mol. The largest absolute Gasteiger partial charge is 0.496 e. The number of hydrogen-bond donors (Lipinski definition) is 1. The van der Waals surface area contributed by atoms with E-state index in [9.17, 15) is 13.9 Å². The van der Waals surface area contributed by atoms with Crippen molar-refractivity contribution in [3.8, 4) is 5.75 Å². The van der Waals surface area contributed by atoms with Crippen LogP contribution in [-0.2, 0) is 0 Å². The van der Waals surface area contributed by atoms with E-state index in [4.69, 9.17) is 4.74 Å². The number of benzene rings is 2. The van der Waals surface area contributed by atoms with Gasteiger partial charge in [-0.2, -0.15) is 0 Å². The average molecular weight is 250 g/mol. The molecule has 0 aliphatic carbocycles. The second-order valence-corrected chi connectivity index (χ2v) is 3.81. The van der Waals surface area contributed by atoms with Crippen LogP contribution in [0.3, 0.4) is 0 Å². The number of rotatable bonds is 3. The zero-order valence-corrected chi connectivity index (χ0v) is 9.73. The van der Waals surface area contributed by atoms with Crippen LogP contribution in [0.5, 0.6) is 5.75 Å². The maximum absolute atomic E-state index is 13.7. The fourth-order valence-electron chi connectivity index (χ4n) is 1.77. The number of ether oxygens (including phenoxy) is 1. The van der Waals surface area contributed by atoms with Crippen molar-refractivity contribution in [1.29, 1.82) is 0 Å². The highest BCUT2D eigenvalue weighted by molar-refractivity contribution is 5.41. The molecule has 0 heterocycles. The SMILES string of the molecule is COc1cccc(F)c1C(O)c1ccc(F)cc1. The topological polar surface area (TPSA) is 29.5 Å². The van der Waals surface area contributed by atoms with Crippen LogP contribution >= 0.6 is 0 Å². The summed E-state index contributed by atoms with van der Waals surface area (Å²) in [6.45, 7) is 0. The minimum Gasteiger partial charge on any atom is -0.496 e. The van der Waals surface area contributed by atoms with Gasteiger partial charge in [0.1, 0.15) is 23.5 Å². The number of aliphatic hydroxyl groups is 1. The van der Waals surface area contributed by atoms with Gasteiger partial charge in [0.25, 0.3) is 0 Å². The van der Waals surface area contributed by atoms with E-state index in [2.05, 4.69) is 0 Å². The molecule has 1 N–H and O–H groups in total. The Morgan fingerprint density at radius 2 is 1.72 bits per heavy atom. The monoisotopic (exact) mass is 250 g/mol. The molecule has 0 aromatic heterocycles. The van der Waals surface area contributed by atoms with Gasteiger partial charge in [0.15, 0.2) is 0 Å². The fourth-order valence-corrected chi connectivity index (χ4v) is 1.77. The average Bonchev–Trinajstić information content (AvgIpc) is 2.38. The van der Waals surface area contributed by atoms with E-state index in [1.807, 2.05) is 0 Å². The maximum Gasteiger partial charge on any atom is 0.133 e. The van der Waals surface area contributed by atoms with Crippen molar-refractivity contribution in [2.45, 2.75) is 6.10 Å².